The van der Waals surface area contributed by atoms with Gasteiger partial charge in [0.2, 0.25) is 0 Å². The highest BCUT2D eigenvalue weighted by molar-refractivity contribution is 5.70. The fourth-order valence-electron chi connectivity index (χ4n) is 1.90. The van der Waals surface area contributed by atoms with Gasteiger partial charge in [-0.05, 0) is 25.5 Å². The summed E-state index contributed by atoms with van der Waals surface area (Å²) in [7, 11) is 0. The molecule has 0 bridgehead atoms. The van der Waals surface area contributed by atoms with E-state index in [1.807, 2.05) is 19.1 Å². The first-order valence-electron chi connectivity index (χ1n) is 5.51. The van der Waals surface area contributed by atoms with Crippen LogP contribution in [0.5, 0.6) is 5.75 Å². The second kappa shape index (κ2) is 4.41. The highest BCUT2D eigenvalue weighted by atomic mass is 16.3. The van der Waals surface area contributed by atoms with Gasteiger partial charge in [-0.1, -0.05) is 13.0 Å². The quantitative estimate of drug-likeness (QED) is 0.829. The minimum absolute atomic E-state index is 0.0347. The minimum Gasteiger partial charge on any atom is -0.507 e. The standard InChI is InChI=1S/C13H14N2O2/c1-3-9-12(16)11(8(2)15-13(9)17)10-6-4-5-7-14-10/h4-7H,3H2,1-2H3,(H2,15,16,17). The van der Waals surface area contributed by atoms with E-state index >= 15 is 0 Å². The average Bonchev–Trinajstić information content (AvgIpc) is 2.30. The van der Waals surface area contributed by atoms with E-state index in [0.29, 0.717) is 28.9 Å². The average molecular weight is 230 g/mol. The van der Waals surface area contributed by atoms with Crippen LogP contribution in [0.15, 0.2) is 29.2 Å². The number of pyridine rings is 2. The molecule has 2 aromatic heterocycles. The molecule has 0 saturated carbocycles. The second-order valence-corrected chi connectivity index (χ2v) is 3.85. The Balaban J connectivity index is 2.75. The Morgan fingerprint density at radius 1 is 1.41 bits per heavy atom. The molecule has 0 aliphatic rings. The Kier molecular flexibility index (Phi) is 2.95. The monoisotopic (exact) mass is 230 g/mol. The maximum absolute atomic E-state index is 11.6. The number of nitrogens with one attached hydrogen (secondary N) is 1. The molecule has 4 heteroatoms. The fraction of sp³-hybridized carbons (Fsp3) is 0.231. The third-order valence-electron chi connectivity index (χ3n) is 2.75. The Hall–Kier alpha value is -2.10. The summed E-state index contributed by atoms with van der Waals surface area (Å²) in [6.07, 6.45) is 2.15. The zero-order chi connectivity index (χ0) is 12.4. The van der Waals surface area contributed by atoms with Gasteiger partial charge < -0.3 is 10.1 Å². The van der Waals surface area contributed by atoms with Crippen LogP contribution in [0.1, 0.15) is 18.2 Å². The van der Waals surface area contributed by atoms with Gasteiger partial charge in [-0.15, -0.1) is 0 Å². The lowest BCUT2D eigenvalue weighted by molar-refractivity contribution is 0.468. The zero-order valence-corrected chi connectivity index (χ0v) is 9.82. The SMILES string of the molecule is CCc1c(O)c(-c2ccccn2)c(C)[nH]c1=O. The summed E-state index contributed by atoms with van der Waals surface area (Å²) in [6.45, 7) is 3.59. The molecule has 0 radical (unpaired) electrons. The first-order chi connectivity index (χ1) is 8.15. The summed E-state index contributed by atoms with van der Waals surface area (Å²) >= 11 is 0. The highest BCUT2D eigenvalue weighted by Gasteiger charge is 2.15. The van der Waals surface area contributed by atoms with Crippen LogP contribution in [0.2, 0.25) is 0 Å². The maximum Gasteiger partial charge on any atom is 0.255 e. The van der Waals surface area contributed by atoms with Gasteiger partial charge in [0.25, 0.3) is 5.56 Å². The van der Waals surface area contributed by atoms with Gasteiger partial charge in [0.15, 0.2) is 0 Å². The van der Waals surface area contributed by atoms with Crippen LogP contribution in [0.3, 0.4) is 0 Å². The van der Waals surface area contributed by atoms with Crippen molar-refractivity contribution in [1.82, 2.24) is 9.97 Å². The van der Waals surface area contributed by atoms with Gasteiger partial charge in [-0.25, -0.2) is 0 Å². The number of rotatable bonds is 2. The van der Waals surface area contributed by atoms with E-state index < -0.39 is 0 Å². The Morgan fingerprint density at radius 2 is 2.18 bits per heavy atom. The Labute approximate surface area is 99.0 Å². The molecule has 0 aliphatic heterocycles. The lowest BCUT2D eigenvalue weighted by Gasteiger charge is -2.10. The van der Waals surface area contributed by atoms with Crippen LogP contribution in [-0.2, 0) is 6.42 Å². The van der Waals surface area contributed by atoms with Gasteiger partial charge in [0.1, 0.15) is 5.75 Å². The molecule has 2 aromatic rings. The predicted molar refractivity (Wildman–Crippen MR) is 66.1 cm³/mol. The van der Waals surface area contributed by atoms with Gasteiger partial charge in [-0.2, -0.15) is 0 Å². The van der Waals surface area contributed by atoms with Crippen molar-refractivity contribution in [1.29, 1.82) is 0 Å². The van der Waals surface area contributed by atoms with E-state index in [1.54, 1.807) is 19.2 Å². The fourth-order valence-corrected chi connectivity index (χ4v) is 1.90. The van der Waals surface area contributed by atoms with Crippen LogP contribution in [0.25, 0.3) is 11.3 Å². The molecule has 17 heavy (non-hydrogen) atoms. The van der Waals surface area contributed by atoms with E-state index in [1.165, 1.54) is 0 Å². The number of aromatic amines is 1. The summed E-state index contributed by atoms with van der Waals surface area (Å²) in [5.74, 6) is 0.0347. The van der Waals surface area contributed by atoms with Crippen molar-refractivity contribution in [3.8, 4) is 17.0 Å². The highest BCUT2D eigenvalue weighted by Crippen LogP contribution is 2.31. The maximum atomic E-state index is 11.6. The van der Waals surface area contributed by atoms with Crippen LogP contribution < -0.4 is 5.56 Å². The van der Waals surface area contributed by atoms with Crippen molar-refractivity contribution < 1.29 is 5.11 Å². The van der Waals surface area contributed by atoms with Gasteiger partial charge in [-0.3, -0.25) is 9.78 Å². The molecular formula is C13H14N2O2. The molecule has 0 saturated heterocycles. The van der Waals surface area contributed by atoms with E-state index in [2.05, 4.69) is 9.97 Å². The summed E-state index contributed by atoms with van der Waals surface area (Å²) in [5, 5.41) is 10.1. The van der Waals surface area contributed by atoms with Crippen molar-refractivity contribution in [2.45, 2.75) is 20.3 Å². The summed E-state index contributed by atoms with van der Waals surface area (Å²) in [5.41, 5.74) is 2.05. The second-order valence-electron chi connectivity index (χ2n) is 3.85. The number of aromatic nitrogens is 2. The normalized spacial score (nSPS) is 10.5. The van der Waals surface area contributed by atoms with Crippen LogP contribution in [0, 0.1) is 6.92 Å². The minimum atomic E-state index is -0.234. The molecule has 2 N–H and O–H groups in total. The number of H-pyrrole nitrogens is 1. The summed E-state index contributed by atoms with van der Waals surface area (Å²) in [4.78, 5) is 18.6. The predicted octanol–water partition coefficient (Wildman–Crippen LogP) is 2.01. The molecule has 0 aromatic carbocycles. The molecule has 2 rings (SSSR count). The van der Waals surface area contributed by atoms with Gasteiger partial charge >= 0.3 is 0 Å². The first kappa shape index (κ1) is 11.4. The molecule has 0 fully saturated rings. The number of aryl methyl sites for hydroxylation is 1. The zero-order valence-electron chi connectivity index (χ0n) is 9.82. The molecule has 2 heterocycles. The van der Waals surface area contributed by atoms with Crippen molar-refractivity contribution in [3.63, 3.8) is 0 Å². The number of nitrogens with zero attached hydrogens (tertiary/aromatic N) is 1. The van der Waals surface area contributed by atoms with Crippen molar-refractivity contribution in [3.05, 3.63) is 46.0 Å². The van der Waals surface area contributed by atoms with E-state index in [-0.39, 0.29) is 11.3 Å². The number of aromatic hydroxyl groups is 1. The first-order valence-corrected chi connectivity index (χ1v) is 5.51. The van der Waals surface area contributed by atoms with E-state index in [4.69, 9.17) is 0 Å². The molecule has 4 nitrogen and oxygen atoms in total. The summed E-state index contributed by atoms with van der Waals surface area (Å²) in [6, 6.07) is 5.46. The van der Waals surface area contributed by atoms with Gasteiger partial charge in [0.05, 0.1) is 16.8 Å². The topological polar surface area (TPSA) is 66.0 Å². The van der Waals surface area contributed by atoms with Crippen LogP contribution in [-0.4, -0.2) is 15.1 Å². The Bertz CT molecular complexity index is 588. The summed E-state index contributed by atoms with van der Waals surface area (Å²) < 4.78 is 0. The molecular weight excluding hydrogens is 216 g/mol. The third-order valence-corrected chi connectivity index (χ3v) is 2.75. The van der Waals surface area contributed by atoms with Crippen molar-refractivity contribution in [2.24, 2.45) is 0 Å². The molecule has 0 unspecified atom stereocenters. The largest absolute Gasteiger partial charge is 0.507 e. The molecule has 0 spiro atoms. The molecule has 0 aliphatic carbocycles. The van der Waals surface area contributed by atoms with Gasteiger partial charge in [0, 0.05) is 11.9 Å². The molecule has 0 amide bonds. The van der Waals surface area contributed by atoms with Crippen molar-refractivity contribution in [2.75, 3.05) is 0 Å². The third kappa shape index (κ3) is 1.93. The molecule has 88 valence electrons. The van der Waals surface area contributed by atoms with Crippen LogP contribution in [0.4, 0.5) is 0 Å². The smallest absolute Gasteiger partial charge is 0.255 e. The Morgan fingerprint density at radius 3 is 2.76 bits per heavy atom. The van der Waals surface area contributed by atoms with Crippen molar-refractivity contribution >= 4 is 0 Å². The lowest BCUT2D eigenvalue weighted by atomic mass is 10.0. The van der Waals surface area contributed by atoms with Crippen LogP contribution >= 0.6 is 0 Å². The molecule has 0 atom stereocenters. The van der Waals surface area contributed by atoms with E-state index in [9.17, 15) is 9.90 Å². The van der Waals surface area contributed by atoms with E-state index in [0.717, 1.165) is 0 Å². The number of hydrogen-bond donors (Lipinski definition) is 2. The number of hydrogen-bond acceptors (Lipinski definition) is 3. The lowest BCUT2D eigenvalue weighted by Crippen LogP contribution is -2.14.